The van der Waals surface area contributed by atoms with Crippen molar-refractivity contribution in [2.75, 3.05) is 0 Å². The lowest BCUT2D eigenvalue weighted by molar-refractivity contribution is -0.244. The predicted octanol–water partition coefficient (Wildman–Crippen LogP) is 4.26. The van der Waals surface area contributed by atoms with Crippen molar-refractivity contribution in [1.29, 1.82) is 0 Å². The van der Waals surface area contributed by atoms with Gasteiger partial charge in [0.15, 0.2) is 0 Å². The van der Waals surface area contributed by atoms with Gasteiger partial charge in [0.2, 0.25) is 0 Å². The molecule has 0 aromatic carbocycles. The molecule has 0 aromatic rings. The molecule has 0 saturated carbocycles. The SMILES string of the molecule is CCC1OC(C)C(C)(C)C(C)(C)C1(C)C. The highest BCUT2D eigenvalue weighted by Gasteiger charge is 2.57. The lowest BCUT2D eigenvalue weighted by atomic mass is 9.49. The van der Waals surface area contributed by atoms with Crippen LogP contribution in [0.1, 0.15) is 61.8 Å². The Hall–Kier alpha value is -0.0400. The van der Waals surface area contributed by atoms with Crippen molar-refractivity contribution in [2.24, 2.45) is 16.2 Å². The summed E-state index contributed by atoms with van der Waals surface area (Å²) in [4.78, 5) is 0. The van der Waals surface area contributed by atoms with E-state index in [1.54, 1.807) is 0 Å². The molecule has 15 heavy (non-hydrogen) atoms. The van der Waals surface area contributed by atoms with Crippen LogP contribution < -0.4 is 0 Å². The average molecular weight is 212 g/mol. The van der Waals surface area contributed by atoms with Crippen LogP contribution in [0.5, 0.6) is 0 Å². The second kappa shape index (κ2) is 3.48. The van der Waals surface area contributed by atoms with E-state index in [4.69, 9.17) is 4.74 Å². The second-order valence-corrected chi connectivity index (χ2v) is 6.74. The normalized spacial score (nSPS) is 37.6. The predicted molar refractivity (Wildman–Crippen MR) is 66.0 cm³/mol. The molecule has 90 valence electrons. The van der Waals surface area contributed by atoms with E-state index in [0.717, 1.165) is 6.42 Å². The molecule has 2 unspecified atom stereocenters. The van der Waals surface area contributed by atoms with Crippen molar-refractivity contribution in [1.82, 2.24) is 0 Å². The zero-order valence-electron chi connectivity index (χ0n) is 11.8. The Bertz CT molecular complexity index is 238. The topological polar surface area (TPSA) is 9.23 Å². The van der Waals surface area contributed by atoms with Gasteiger partial charge in [-0.1, -0.05) is 48.5 Å². The fourth-order valence-electron chi connectivity index (χ4n) is 2.93. The van der Waals surface area contributed by atoms with E-state index < -0.39 is 0 Å². The Morgan fingerprint density at radius 2 is 1.40 bits per heavy atom. The summed E-state index contributed by atoms with van der Waals surface area (Å²) < 4.78 is 6.20. The van der Waals surface area contributed by atoms with Gasteiger partial charge in [-0.15, -0.1) is 0 Å². The lowest BCUT2D eigenvalue weighted by Crippen LogP contribution is -2.61. The van der Waals surface area contributed by atoms with Crippen LogP contribution in [-0.2, 0) is 4.74 Å². The van der Waals surface area contributed by atoms with Crippen LogP contribution in [0.25, 0.3) is 0 Å². The van der Waals surface area contributed by atoms with Crippen LogP contribution in [0.15, 0.2) is 0 Å². The van der Waals surface area contributed by atoms with Gasteiger partial charge in [-0.3, -0.25) is 0 Å². The fraction of sp³-hybridized carbons (Fsp3) is 1.00. The van der Waals surface area contributed by atoms with Crippen molar-refractivity contribution in [3.05, 3.63) is 0 Å². The second-order valence-electron chi connectivity index (χ2n) is 6.74. The minimum absolute atomic E-state index is 0.224. The van der Waals surface area contributed by atoms with Crippen molar-refractivity contribution < 1.29 is 4.74 Å². The first-order valence-corrected chi connectivity index (χ1v) is 6.24. The highest BCUT2D eigenvalue weighted by Crippen LogP contribution is 2.59. The molecular weight excluding hydrogens is 184 g/mol. The van der Waals surface area contributed by atoms with E-state index in [0.29, 0.717) is 17.6 Å². The molecule has 1 rings (SSSR count). The zero-order chi connectivity index (χ0) is 12.1. The highest BCUT2D eigenvalue weighted by molar-refractivity contribution is 5.05. The zero-order valence-corrected chi connectivity index (χ0v) is 11.8. The molecule has 0 spiro atoms. The quantitative estimate of drug-likeness (QED) is 0.631. The van der Waals surface area contributed by atoms with Crippen molar-refractivity contribution in [2.45, 2.75) is 74.0 Å². The summed E-state index contributed by atoms with van der Waals surface area (Å²) in [5.74, 6) is 0. The van der Waals surface area contributed by atoms with E-state index in [1.807, 2.05) is 0 Å². The summed E-state index contributed by atoms with van der Waals surface area (Å²) in [5.41, 5.74) is 0.748. The van der Waals surface area contributed by atoms with E-state index in [-0.39, 0.29) is 10.8 Å². The van der Waals surface area contributed by atoms with Gasteiger partial charge >= 0.3 is 0 Å². The maximum Gasteiger partial charge on any atom is 0.0632 e. The van der Waals surface area contributed by atoms with Gasteiger partial charge in [-0.05, 0) is 29.6 Å². The molecule has 2 atom stereocenters. The van der Waals surface area contributed by atoms with E-state index in [2.05, 4.69) is 55.4 Å². The number of hydrogen-bond acceptors (Lipinski definition) is 1. The average Bonchev–Trinajstić information content (AvgIpc) is 2.10. The fourth-order valence-corrected chi connectivity index (χ4v) is 2.93. The smallest absolute Gasteiger partial charge is 0.0632 e. The first-order chi connectivity index (χ1) is 6.59. The summed E-state index contributed by atoms with van der Waals surface area (Å²) >= 11 is 0. The highest BCUT2D eigenvalue weighted by atomic mass is 16.5. The van der Waals surface area contributed by atoms with Crippen LogP contribution in [-0.4, -0.2) is 12.2 Å². The van der Waals surface area contributed by atoms with Crippen LogP contribution in [0.4, 0.5) is 0 Å². The lowest BCUT2D eigenvalue weighted by Gasteiger charge is -2.62. The Kier molecular flexibility index (Phi) is 3.02. The molecule has 0 aliphatic carbocycles. The summed E-state index contributed by atoms with van der Waals surface area (Å²) in [7, 11) is 0. The Balaban J connectivity index is 3.16. The van der Waals surface area contributed by atoms with Gasteiger partial charge in [0.05, 0.1) is 12.2 Å². The minimum Gasteiger partial charge on any atom is -0.374 e. The van der Waals surface area contributed by atoms with Crippen molar-refractivity contribution in [3.63, 3.8) is 0 Å². The number of rotatable bonds is 1. The third kappa shape index (κ3) is 1.54. The molecule has 1 aliphatic heterocycles. The first kappa shape index (κ1) is 13.0. The van der Waals surface area contributed by atoms with E-state index in [9.17, 15) is 0 Å². The van der Waals surface area contributed by atoms with Gasteiger partial charge < -0.3 is 4.74 Å². The van der Waals surface area contributed by atoms with E-state index >= 15 is 0 Å². The third-order valence-electron chi connectivity index (χ3n) is 5.78. The van der Waals surface area contributed by atoms with Crippen LogP contribution in [0.2, 0.25) is 0 Å². The van der Waals surface area contributed by atoms with Gasteiger partial charge in [-0.2, -0.15) is 0 Å². The van der Waals surface area contributed by atoms with Gasteiger partial charge in [-0.25, -0.2) is 0 Å². The van der Waals surface area contributed by atoms with Crippen LogP contribution >= 0.6 is 0 Å². The molecular formula is C14H28O. The number of hydrogen-bond donors (Lipinski definition) is 0. The number of ether oxygens (including phenoxy) is 1. The molecule has 1 nitrogen and oxygen atoms in total. The Morgan fingerprint density at radius 3 is 1.80 bits per heavy atom. The summed E-state index contributed by atoms with van der Waals surface area (Å²) in [6, 6.07) is 0. The molecule has 1 heterocycles. The maximum atomic E-state index is 6.20. The minimum atomic E-state index is 0.224. The van der Waals surface area contributed by atoms with Gasteiger partial charge in [0.25, 0.3) is 0 Å². The molecule has 1 heteroatoms. The van der Waals surface area contributed by atoms with Crippen molar-refractivity contribution in [3.8, 4) is 0 Å². The largest absolute Gasteiger partial charge is 0.374 e. The summed E-state index contributed by atoms with van der Waals surface area (Å²) in [5, 5.41) is 0. The Labute approximate surface area is 95.6 Å². The summed E-state index contributed by atoms with van der Waals surface area (Å²) in [6.45, 7) is 18.6. The molecule has 0 radical (unpaired) electrons. The van der Waals surface area contributed by atoms with Gasteiger partial charge in [0.1, 0.15) is 0 Å². The molecule has 0 aromatic heterocycles. The van der Waals surface area contributed by atoms with Crippen LogP contribution in [0.3, 0.4) is 0 Å². The molecule has 1 saturated heterocycles. The van der Waals surface area contributed by atoms with E-state index in [1.165, 1.54) is 0 Å². The molecule has 0 N–H and O–H groups in total. The molecule has 0 amide bonds. The summed E-state index contributed by atoms with van der Waals surface area (Å²) in [6.07, 6.45) is 1.83. The third-order valence-corrected chi connectivity index (χ3v) is 5.78. The first-order valence-electron chi connectivity index (χ1n) is 6.24. The Morgan fingerprint density at radius 1 is 0.933 bits per heavy atom. The molecule has 1 aliphatic rings. The van der Waals surface area contributed by atoms with Gasteiger partial charge in [0, 0.05) is 0 Å². The standard InChI is InChI=1S/C14H28O/c1-9-11-13(5,6)14(7,8)12(3,4)10(2)15-11/h10-11H,9H2,1-8H3. The maximum absolute atomic E-state index is 6.20. The van der Waals surface area contributed by atoms with Crippen molar-refractivity contribution >= 4 is 0 Å². The van der Waals surface area contributed by atoms with Crippen LogP contribution in [0, 0.1) is 16.2 Å². The monoisotopic (exact) mass is 212 g/mol. The molecule has 1 fully saturated rings. The molecule has 0 bridgehead atoms.